The Kier molecular flexibility index (Phi) is 26.7. The Morgan fingerprint density at radius 3 is 1.00 bits per heavy atom. The number of hydrogen-bond acceptors (Lipinski definition) is 2. The molecule has 0 aromatic rings. The summed E-state index contributed by atoms with van der Waals surface area (Å²) < 4.78 is 9.64. The molecule has 2 rings (SSSR count). The molecule has 38 heavy (non-hydrogen) atoms. The normalized spacial score (nSPS) is 16.0. The van der Waals surface area contributed by atoms with Crippen molar-refractivity contribution in [2.24, 2.45) is 0 Å². The molecule has 0 N–H and O–H groups in total. The van der Waals surface area contributed by atoms with Gasteiger partial charge in [0.2, 0.25) is 0 Å². The first-order chi connectivity index (χ1) is 17.8. The summed E-state index contributed by atoms with van der Waals surface area (Å²) >= 11 is -0.826. The Balaban J connectivity index is 0. The van der Waals surface area contributed by atoms with E-state index >= 15 is 0 Å². The second-order valence-corrected chi connectivity index (χ2v) is 27.1. The SMILES string of the molecule is CC(C)[Si]([N-]CCC[N-][Si](C(C)C)(C(C)C)C(C)C)(C(C)C)C(C)C.[CH-]1CCCO1.[CH-]1CCCO1.[Cl][Zr][Cl]. The zero-order valence-electron chi connectivity index (χ0n) is 26.9. The van der Waals surface area contributed by atoms with Crippen LogP contribution in [0.1, 0.15) is 115 Å². The number of ether oxygens (including phenoxy) is 2. The third kappa shape index (κ3) is 15.3. The predicted molar refractivity (Wildman–Crippen MR) is 174 cm³/mol. The fourth-order valence-corrected chi connectivity index (χ4v) is 17.8. The molecule has 2 aliphatic rings. The molecule has 0 saturated carbocycles. The standard InChI is InChI=1S/C21H48N2Si2.2C4H7O.2ClH.Zr/c1-16(2)24(17(3)4,18(5)6)22-14-13-15-23-25(19(7)8,20(9)10)21(11)12;2*1-2-4-5-3-1;;;/h16-21H,13-15H2,1-12H3;2*3H,1-2,4H2;2*1H;/q-2;2*-1;;;+2/p-2. The molecular weight excluding hydrogens is 627 g/mol. The molecule has 2 saturated heterocycles. The third-order valence-electron chi connectivity index (χ3n) is 8.04. The first kappa shape index (κ1) is 41.9. The van der Waals surface area contributed by atoms with Gasteiger partial charge in [-0.3, -0.25) is 0 Å². The van der Waals surface area contributed by atoms with Gasteiger partial charge >= 0.3 is 37.9 Å². The van der Waals surface area contributed by atoms with E-state index in [1.54, 1.807) is 0 Å². The minimum absolute atomic E-state index is 0.722. The topological polar surface area (TPSA) is 46.7 Å². The van der Waals surface area contributed by atoms with E-state index in [-0.39, 0.29) is 0 Å². The van der Waals surface area contributed by atoms with Crippen LogP contribution < -0.4 is 0 Å². The molecular formula is C29H62Cl2N2O2Si2Zr-4. The Morgan fingerprint density at radius 2 is 0.868 bits per heavy atom. The Labute approximate surface area is 260 Å². The van der Waals surface area contributed by atoms with Gasteiger partial charge in [0.05, 0.1) is 0 Å². The molecule has 0 amide bonds. The Hall–Kier alpha value is 1.74. The summed E-state index contributed by atoms with van der Waals surface area (Å²) in [6.45, 7) is 36.4. The van der Waals surface area contributed by atoms with E-state index in [4.69, 9.17) is 36.5 Å². The fourth-order valence-electron chi connectivity index (χ4n) is 6.54. The van der Waals surface area contributed by atoms with Gasteiger partial charge in [0, 0.05) is 13.2 Å². The van der Waals surface area contributed by atoms with Crippen molar-refractivity contribution in [3.8, 4) is 0 Å². The first-order valence-corrected chi connectivity index (χ1v) is 25.7. The van der Waals surface area contributed by atoms with E-state index in [1.165, 1.54) is 12.8 Å². The van der Waals surface area contributed by atoms with Crippen molar-refractivity contribution >= 4 is 33.5 Å². The van der Waals surface area contributed by atoms with Gasteiger partial charge in [0.1, 0.15) is 0 Å². The molecule has 2 fully saturated rings. The summed E-state index contributed by atoms with van der Waals surface area (Å²) in [5, 5.41) is 0. The molecule has 230 valence electrons. The summed E-state index contributed by atoms with van der Waals surface area (Å²) in [4.78, 5) is 10.8. The van der Waals surface area contributed by atoms with Crippen LogP contribution in [0.3, 0.4) is 0 Å². The molecule has 0 aromatic heterocycles. The van der Waals surface area contributed by atoms with Crippen molar-refractivity contribution in [1.82, 2.24) is 0 Å². The second-order valence-electron chi connectivity index (χ2n) is 12.3. The summed E-state index contributed by atoms with van der Waals surface area (Å²) in [6.07, 6.45) is 5.89. The number of hydrogen-bond donors (Lipinski definition) is 0. The van der Waals surface area contributed by atoms with E-state index in [1.807, 2.05) is 13.2 Å². The Bertz CT molecular complexity index is 432. The zero-order valence-corrected chi connectivity index (χ0v) is 32.9. The van der Waals surface area contributed by atoms with Crippen LogP contribution in [0.2, 0.25) is 33.2 Å². The van der Waals surface area contributed by atoms with E-state index in [0.29, 0.717) is 0 Å². The summed E-state index contributed by atoms with van der Waals surface area (Å²) in [5.41, 5.74) is 4.33. The van der Waals surface area contributed by atoms with Crippen molar-refractivity contribution in [3.63, 3.8) is 0 Å². The van der Waals surface area contributed by atoms with Gasteiger partial charge in [-0.1, -0.05) is 136 Å². The second kappa shape index (κ2) is 24.2. The molecule has 9 heteroatoms. The predicted octanol–water partition coefficient (Wildman–Crippen LogP) is 11.8. The zero-order chi connectivity index (χ0) is 29.8. The molecule has 0 atom stereocenters. The monoisotopic (exact) mass is 686 g/mol. The fraction of sp³-hybridized carbons (Fsp3) is 0.931. The van der Waals surface area contributed by atoms with Crippen molar-refractivity contribution in [1.29, 1.82) is 0 Å². The molecule has 0 bridgehead atoms. The van der Waals surface area contributed by atoms with Gasteiger partial charge < -0.3 is 19.4 Å². The number of rotatable bonds is 12. The van der Waals surface area contributed by atoms with Crippen LogP contribution >= 0.6 is 17.0 Å². The van der Waals surface area contributed by atoms with Gasteiger partial charge in [0.25, 0.3) is 0 Å². The van der Waals surface area contributed by atoms with Crippen LogP contribution in [0, 0.1) is 13.2 Å². The summed E-state index contributed by atoms with van der Waals surface area (Å²) in [6, 6.07) is 0. The molecule has 0 aromatic carbocycles. The van der Waals surface area contributed by atoms with Crippen LogP contribution in [0.25, 0.3) is 9.96 Å². The van der Waals surface area contributed by atoms with Gasteiger partial charge in [-0.25, -0.2) is 13.2 Å². The molecule has 0 spiro atoms. The minimum atomic E-state index is -1.59. The van der Waals surface area contributed by atoms with Gasteiger partial charge in [-0.05, 0) is 16.5 Å². The van der Waals surface area contributed by atoms with E-state index in [0.717, 1.165) is 78.8 Å². The van der Waals surface area contributed by atoms with Gasteiger partial charge in [0.15, 0.2) is 0 Å². The van der Waals surface area contributed by atoms with Crippen LogP contribution in [0.15, 0.2) is 0 Å². The third-order valence-corrected chi connectivity index (χ3v) is 20.7. The van der Waals surface area contributed by atoms with Crippen LogP contribution in [-0.4, -0.2) is 42.8 Å². The van der Waals surface area contributed by atoms with E-state index in [9.17, 15) is 0 Å². The summed E-state index contributed by atoms with van der Waals surface area (Å²) in [5.74, 6) is 0. The average molecular weight is 689 g/mol. The first-order valence-electron chi connectivity index (χ1n) is 15.0. The van der Waals surface area contributed by atoms with Crippen molar-refractivity contribution in [2.75, 3.05) is 26.3 Å². The molecule has 0 aliphatic carbocycles. The van der Waals surface area contributed by atoms with Gasteiger partial charge in [-0.15, -0.1) is 0 Å². The average Bonchev–Trinajstić information content (AvgIpc) is 3.57. The maximum atomic E-state index is 5.40. The van der Waals surface area contributed by atoms with Crippen LogP contribution in [0.4, 0.5) is 0 Å². The van der Waals surface area contributed by atoms with Crippen molar-refractivity contribution in [2.45, 2.75) is 148 Å². The number of halogens is 2. The number of nitrogens with zero attached hydrogens (tertiary/aromatic N) is 2. The van der Waals surface area contributed by atoms with E-state index < -0.39 is 37.3 Å². The van der Waals surface area contributed by atoms with Crippen LogP contribution in [-0.2, 0) is 30.3 Å². The van der Waals surface area contributed by atoms with E-state index in [2.05, 4.69) is 83.1 Å². The molecule has 2 aliphatic heterocycles. The van der Waals surface area contributed by atoms with Crippen molar-refractivity contribution in [3.05, 3.63) is 23.2 Å². The molecule has 4 nitrogen and oxygen atoms in total. The molecule has 0 unspecified atom stereocenters. The molecule has 0 radical (unpaired) electrons. The van der Waals surface area contributed by atoms with Crippen molar-refractivity contribution < 1.29 is 30.3 Å². The summed E-state index contributed by atoms with van der Waals surface area (Å²) in [7, 11) is 6.68. The molecule has 2 heterocycles. The Morgan fingerprint density at radius 1 is 0.605 bits per heavy atom. The van der Waals surface area contributed by atoms with Gasteiger partial charge in [-0.2, -0.15) is 25.9 Å². The maximum absolute atomic E-state index is 5.40. The van der Waals surface area contributed by atoms with Crippen LogP contribution in [0.5, 0.6) is 0 Å². The quantitative estimate of drug-likeness (QED) is 0.116.